The maximum absolute atomic E-state index is 13.1. The lowest BCUT2D eigenvalue weighted by Gasteiger charge is -2.27. The molecule has 42 heavy (non-hydrogen) atoms. The van der Waals surface area contributed by atoms with E-state index in [2.05, 4.69) is 17.6 Å². The van der Waals surface area contributed by atoms with Crippen LogP contribution in [0.25, 0.3) is 0 Å². The number of rotatable bonds is 21. The molecule has 0 aliphatic heterocycles. The van der Waals surface area contributed by atoms with Gasteiger partial charge in [0, 0.05) is 32.4 Å². The van der Waals surface area contributed by atoms with Crippen LogP contribution in [0.5, 0.6) is 0 Å². The maximum Gasteiger partial charge on any atom is 0.246 e. The Morgan fingerprint density at radius 1 is 0.738 bits per heavy atom. The lowest BCUT2D eigenvalue weighted by atomic mass is 9.88. The second-order valence-electron chi connectivity index (χ2n) is 12.1. The van der Waals surface area contributed by atoms with E-state index in [0.717, 1.165) is 35.5 Å². The Kier molecular flexibility index (Phi) is 16.5. The van der Waals surface area contributed by atoms with Gasteiger partial charge in [0.15, 0.2) is 0 Å². The average molecular weight is 580 g/mol. The van der Waals surface area contributed by atoms with Crippen molar-refractivity contribution in [2.24, 2.45) is 5.41 Å². The topological polar surface area (TPSA) is 98.7 Å². The van der Waals surface area contributed by atoms with Gasteiger partial charge >= 0.3 is 0 Å². The Hall–Kier alpha value is -3.19. The Morgan fingerprint density at radius 3 is 1.76 bits per heavy atom. The monoisotopic (exact) mass is 579 g/mol. The fourth-order valence-corrected chi connectivity index (χ4v) is 5.01. The van der Waals surface area contributed by atoms with Crippen LogP contribution in [-0.2, 0) is 14.4 Å². The largest absolute Gasteiger partial charge is 0.356 e. The van der Waals surface area contributed by atoms with Gasteiger partial charge in [-0.15, -0.1) is 0 Å². The van der Waals surface area contributed by atoms with Gasteiger partial charge in [0.1, 0.15) is 0 Å². The average Bonchev–Trinajstić information content (AvgIpc) is 2.99. The first kappa shape index (κ1) is 35.0. The van der Waals surface area contributed by atoms with Crippen LogP contribution in [0.2, 0.25) is 0 Å². The Bertz CT molecular complexity index is 1000. The number of hydrogen-bond donors (Lipinski definition) is 3. The summed E-state index contributed by atoms with van der Waals surface area (Å²) in [5.41, 5.74) is 1.51. The van der Waals surface area contributed by atoms with Crippen molar-refractivity contribution in [2.75, 3.05) is 13.1 Å². The van der Waals surface area contributed by atoms with Gasteiger partial charge in [-0.3, -0.25) is 19.6 Å². The highest BCUT2D eigenvalue weighted by Gasteiger charge is 2.25. The number of carbonyl (C=O) groups is 3. The SMILES string of the molecule is CCCCCCCCCCCCN(O)C(=O)CCC(=O)NCC(C)(C)CC(=O)NC(c1ccccc1)c1ccccc1. The molecule has 0 saturated carbocycles. The lowest BCUT2D eigenvalue weighted by molar-refractivity contribution is -0.166. The molecule has 0 spiro atoms. The van der Waals surface area contributed by atoms with Gasteiger partial charge in [-0.1, -0.05) is 139 Å². The quantitative estimate of drug-likeness (QED) is 0.0818. The molecule has 3 amide bonds. The molecule has 0 fully saturated rings. The normalized spacial score (nSPS) is 11.4. The summed E-state index contributed by atoms with van der Waals surface area (Å²) in [6, 6.07) is 19.4. The van der Waals surface area contributed by atoms with Gasteiger partial charge in [0.25, 0.3) is 0 Å². The molecule has 0 atom stereocenters. The number of nitrogens with one attached hydrogen (secondary N) is 2. The molecule has 2 rings (SSSR count). The third-order valence-corrected chi connectivity index (χ3v) is 7.55. The van der Waals surface area contributed by atoms with Crippen molar-refractivity contribution in [3.05, 3.63) is 71.8 Å². The van der Waals surface area contributed by atoms with Crippen LogP contribution in [0.3, 0.4) is 0 Å². The van der Waals surface area contributed by atoms with E-state index in [4.69, 9.17) is 0 Å². The van der Waals surface area contributed by atoms with Crippen molar-refractivity contribution in [3.8, 4) is 0 Å². The molecular weight excluding hydrogens is 526 g/mol. The number of nitrogens with zero attached hydrogens (tertiary/aromatic N) is 1. The van der Waals surface area contributed by atoms with Crippen LogP contribution < -0.4 is 10.6 Å². The molecule has 7 heteroatoms. The molecule has 2 aromatic carbocycles. The fraction of sp³-hybridized carbons (Fsp3) is 0.571. The molecule has 0 saturated heterocycles. The Morgan fingerprint density at radius 2 is 1.24 bits per heavy atom. The van der Waals surface area contributed by atoms with E-state index in [9.17, 15) is 19.6 Å². The van der Waals surface area contributed by atoms with Crippen LogP contribution in [-0.4, -0.2) is 41.1 Å². The van der Waals surface area contributed by atoms with Crippen molar-refractivity contribution < 1.29 is 19.6 Å². The highest BCUT2D eigenvalue weighted by atomic mass is 16.5. The fourth-order valence-electron chi connectivity index (χ4n) is 5.01. The standard InChI is InChI=1S/C35H53N3O4/c1-4-5-6-7-8-9-10-11-12-19-26-38(42)33(41)25-24-31(39)36-28-35(2,3)27-32(40)37-34(29-20-15-13-16-21-29)30-22-17-14-18-23-30/h13-18,20-23,34,42H,4-12,19,24-28H2,1-3H3,(H,36,39)(H,37,40). The third-order valence-electron chi connectivity index (χ3n) is 7.55. The lowest BCUT2D eigenvalue weighted by Crippen LogP contribution is -2.39. The predicted molar refractivity (Wildman–Crippen MR) is 169 cm³/mol. The van der Waals surface area contributed by atoms with Crippen LogP contribution in [0.15, 0.2) is 60.7 Å². The van der Waals surface area contributed by atoms with Crippen molar-refractivity contribution >= 4 is 17.7 Å². The van der Waals surface area contributed by atoms with Crippen molar-refractivity contribution in [3.63, 3.8) is 0 Å². The van der Waals surface area contributed by atoms with E-state index >= 15 is 0 Å². The van der Waals surface area contributed by atoms with Gasteiger partial charge < -0.3 is 10.6 Å². The van der Waals surface area contributed by atoms with E-state index in [1.165, 1.54) is 44.9 Å². The van der Waals surface area contributed by atoms with Gasteiger partial charge in [0.2, 0.25) is 17.7 Å². The van der Waals surface area contributed by atoms with Crippen LogP contribution >= 0.6 is 0 Å². The van der Waals surface area contributed by atoms with E-state index in [0.29, 0.717) is 13.1 Å². The predicted octanol–water partition coefficient (Wildman–Crippen LogP) is 7.34. The molecule has 0 unspecified atom stereocenters. The maximum atomic E-state index is 13.1. The minimum absolute atomic E-state index is 0.000287. The smallest absolute Gasteiger partial charge is 0.246 e. The first-order chi connectivity index (χ1) is 20.2. The van der Waals surface area contributed by atoms with Gasteiger partial charge in [0.05, 0.1) is 6.04 Å². The van der Waals surface area contributed by atoms with Crippen LogP contribution in [0.4, 0.5) is 0 Å². The van der Waals surface area contributed by atoms with Gasteiger partial charge in [-0.05, 0) is 23.0 Å². The zero-order valence-electron chi connectivity index (χ0n) is 26.1. The molecule has 0 radical (unpaired) electrons. The highest BCUT2D eigenvalue weighted by Crippen LogP contribution is 2.24. The summed E-state index contributed by atoms with van der Waals surface area (Å²) in [6.45, 7) is 6.69. The first-order valence-corrected chi connectivity index (χ1v) is 15.9. The highest BCUT2D eigenvalue weighted by molar-refractivity contribution is 5.83. The summed E-state index contributed by atoms with van der Waals surface area (Å²) >= 11 is 0. The summed E-state index contributed by atoms with van der Waals surface area (Å²) in [4.78, 5) is 37.8. The van der Waals surface area contributed by atoms with Crippen LogP contribution in [0.1, 0.15) is 121 Å². The van der Waals surface area contributed by atoms with E-state index < -0.39 is 11.3 Å². The van der Waals surface area contributed by atoms with E-state index in [-0.39, 0.29) is 37.1 Å². The van der Waals surface area contributed by atoms with E-state index in [1.54, 1.807) is 0 Å². The minimum Gasteiger partial charge on any atom is -0.356 e. The number of unbranched alkanes of at least 4 members (excludes halogenated alkanes) is 9. The summed E-state index contributed by atoms with van der Waals surface area (Å²) in [5.74, 6) is -0.812. The van der Waals surface area contributed by atoms with Crippen LogP contribution in [0, 0.1) is 5.41 Å². The number of hydrogen-bond acceptors (Lipinski definition) is 4. The molecular formula is C35H53N3O4. The second-order valence-corrected chi connectivity index (χ2v) is 12.1. The molecule has 2 aromatic rings. The zero-order valence-corrected chi connectivity index (χ0v) is 26.1. The molecule has 0 aromatic heterocycles. The second kappa shape index (κ2) is 19.8. The first-order valence-electron chi connectivity index (χ1n) is 15.9. The summed E-state index contributed by atoms with van der Waals surface area (Å²) < 4.78 is 0. The number of carbonyl (C=O) groups excluding carboxylic acids is 3. The Balaban J connectivity index is 1.66. The van der Waals surface area contributed by atoms with Crippen molar-refractivity contribution in [2.45, 2.75) is 110 Å². The van der Waals surface area contributed by atoms with E-state index in [1.807, 2.05) is 74.5 Å². The minimum atomic E-state index is -0.486. The third kappa shape index (κ3) is 14.6. The number of benzene rings is 2. The molecule has 0 aliphatic carbocycles. The number of hydroxylamine groups is 2. The number of amides is 3. The van der Waals surface area contributed by atoms with Crippen molar-refractivity contribution in [1.29, 1.82) is 0 Å². The van der Waals surface area contributed by atoms with Crippen molar-refractivity contribution in [1.82, 2.24) is 15.7 Å². The van der Waals surface area contributed by atoms with Gasteiger partial charge in [-0.25, -0.2) is 5.06 Å². The molecule has 0 aliphatic rings. The summed E-state index contributed by atoms with van der Waals surface area (Å²) in [5, 5.41) is 16.8. The zero-order chi connectivity index (χ0) is 30.6. The molecule has 0 bridgehead atoms. The molecule has 232 valence electrons. The molecule has 3 N–H and O–H groups in total. The van der Waals surface area contributed by atoms with Gasteiger partial charge in [-0.2, -0.15) is 0 Å². The summed E-state index contributed by atoms with van der Waals surface area (Å²) in [6.07, 6.45) is 12.0. The molecule has 0 heterocycles. The summed E-state index contributed by atoms with van der Waals surface area (Å²) in [7, 11) is 0. The Labute approximate surface area is 253 Å². The molecule has 7 nitrogen and oxygen atoms in total.